The first-order chi connectivity index (χ1) is 8.29. The van der Waals surface area contributed by atoms with Crippen molar-refractivity contribution in [3.63, 3.8) is 0 Å². The molecule has 0 radical (unpaired) electrons. The Kier molecular flexibility index (Phi) is 2.64. The van der Waals surface area contributed by atoms with Crippen LogP contribution in [0.4, 0.5) is 0 Å². The summed E-state index contributed by atoms with van der Waals surface area (Å²) in [6, 6.07) is 8.32. The van der Waals surface area contributed by atoms with Crippen LogP contribution in [-0.2, 0) is 6.54 Å². The van der Waals surface area contributed by atoms with E-state index >= 15 is 0 Å². The van der Waals surface area contributed by atoms with Crippen LogP contribution >= 0.6 is 15.9 Å². The van der Waals surface area contributed by atoms with Crippen molar-refractivity contribution in [3.05, 3.63) is 28.4 Å². The zero-order chi connectivity index (χ0) is 11.8. The van der Waals surface area contributed by atoms with Gasteiger partial charge in [-0.3, -0.25) is 4.68 Å². The van der Waals surface area contributed by atoms with Gasteiger partial charge in [-0.05, 0) is 31.0 Å². The first kappa shape index (κ1) is 10.8. The van der Waals surface area contributed by atoms with Crippen LogP contribution in [0.1, 0.15) is 30.9 Å². The highest BCUT2D eigenvalue weighted by Crippen LogP contribution is 2.39. The molecule has 4 heteroatoms. The van der Waals surface area contributed by atoms with E-state index in [-0.39, 0.29) is 0 Å². The molecule has 1 aliphatic carbocycles. The van der Waals surface area contributed by atoms with Crippen molar-refractivity contribution in [2.45, 2.75) is 31.7 Å². The molecule has 1 aliphatic rings. The fourth-order valence-corrected chi connectivity index (χ4v) is 2.71. The Morgan fingerprint density at radius 1 is 1.47 bits per heavy atom. The molecule has 1 aromatic heterocycles. The average Bonchev–Trinajstić information content (AvgIpc) is 2.55. The largest absolute Gasteiger partial charge is 0.250 e. The van der Waals surface area contributed by atoms with Crippen molar-refractivity contribution in [1.82, 2.24) is 9.78 Å². The second kappa shape index (κ2) is 4.15. The fraction of sp³-hybridized carbons (Fsp3) is 0.385. The summed E-state index contributed by atoms with van der Waals surface area (Å²) in [6.07, 6.45) is 3.75. The van der Waals surface area contributed by atoms with Gasteiger partial charge >= 0.3 is 0 Å². The lowest BCUT2D eigenvalue weighted by molar-refractivity contribution is 0.409. The number of aromatic nitrogens is 2. The van der Waals surface area contributed by atoms with Crippen molar-refractivity contribution in [2.24, 2.45) is 0 Å². The van der Waals surface area contributed by atoms with Crippen LogP contribution in [0, 0.1) is 11.3 Å². The van der Waals surface area contributed by atoms with Crippen LogP contribution in [0.3, 0.4) is 0 Å². The number of nitriles is 1. The number of nitrogens with zero attached hydrogens (tertiary/aromatic N) is 3. The van der Waals surface area contributed by atoms with E-state index in [9.17, 15) is 0 Å². The summed E-state index contributed by atoms with van der Waals surface area (Å²) in [5.41, 5.74) is 2.24. The van der Waals surface area contributed by atoms with Gasteiger partial charge in [0.1, 0.15) is 6.54 Å². The quantitative estimate of drug-likeness (QED) is 0.848. The van der Waals surface area contributed by atoms with Crippen LogP contribution in [0.25, 0.3) is 10.9 Å². The van der Waals surface area contributed by atoms with E-state index in [0.29, 0.717) is 12.5 Å². The molecule has 1 saturated carbocycles. The summed E-state index contributed by atoms with van der Waals surface area (Å²) >= 11 is 3.50. The Morgan fingerprint density at radius 2 is 2.29 bits per heavy atom. The molecule has 3 rings (SSSR count). The van der Waals surface area contributed by atoms with Crippen LogP contribution in [0.15, 0.2) is 22.7 Å². The number of hydrogen-bond donors (Lipinski definition) is 0. The monoisotopic (exact) mass is 289 g/mol. The Balaban J connectivity index is 2.19. The summed E-state index contributed by atoms with van der Waals surface area (Å²) in [4.78, 5) is 0. The number of hydrogen-bond acceptors (Lipinski definition) is 2. The minimum absolute atomic E-state index is 0.324. The van der Waals surface area contributed by atoms with Gasteiger partial charge in [0.25, 0.3) is 0 Å². The minimum atomic E-state index is 0.324. The highest BCUT2D eigenvalue weighted by atomic mass is 79.9. The van der Waals surface area contributed by atoms with Gasteiger partial charge in [-0.25, -0.2) is 0 Å². The standard InChI is InChI=1S/C13H12BrN3/c14-10-4-5-12-11(8-10)13(9-2-1-3-9)16-17(12)7-6-15/h4-5,8-9H,1-3,7H2. The van der Waals surface area contributed by atoms with Crippen LogP contribution in [-0.4, -0.2) is 9.78 Å². The van der Waals surface area contributed by atoms with Gasteiger partial charge in [0, 0.05) is 15.8 Å². The summed E-state index contributed by atoms with van der Waals surface area (Å²) in [5, 5.41) is 14.6. The van der Waals surface area contributed by atoms with E-state index in [1.165, 1.54) is 30.3 Å². The van der Waals surface area contributed by atoms with Crippen LogP contribution in [0.5, 0.6) is 0 Å². The molecular formula is C13H12BrN3. The third-order valence-electron chi connectivity index (χ3n) is 3.45. The topological polar surface area (TPSA) is 41.6 Å². The lowest BCUT2D eigenvalue weighted by atomic mass is 9.82. The van der Waals surface area contributed by atoms with E-state index in [1.54, 1.807) is 0 Å². The zero-order valence-corrected chi connectivity index (χ0v) is 10.9. The zero-order valence-electron chi connectivity index (χ0n) is 9.36. The molecular weight excluding hydrogens is 278 g/mol. The molecule has 0 bridgehead atoms. The predicted molar refractivity (Wildman–Crippen MR) is 69.6 cm³/mol. The van der Waals surface area contributed by atoms with Crippen molar-refractivity contribution in [2.75, 3.05) is 0 Å². The number of halogens is 1. The fourth-order valence-electron chi connectivity index (χ4n) is 2.35. The first-order valence-electron chi connectivity index (χ1n) is 5.82. The van der Waals surface area contributed by atoms with Gasteiger partial charge in [-0.2, -0.15) is 10.4 Å². The Bertz CT molecular complexity index is 605. The molecule has 0 atom stereocenters. The van der Waals surface area contributed by atoms with Gasteiger partial charge in [0.15, 0.2) is 0 Å². The SMILES string of the molecule is N#CCn1nc(C2CCC2)c2cc(Br)ccc21. The third kappa shape index (κ3) is 1.75. The van der Waals surface area contributed by atoms with Crippen molar-refractivity contribution < 1.29 is 0 Å². The normalized spacial score (nSPS) is 15.8. The molecule has 2 aromatic rings. The molecule has 0 spiro atoms. The van der Waals surface area contributed by atoms with Gasteiger partial charge < -0.3 is 0 Å². The highest BCUT2D eigenvalue weighted by Gasteiger charge is 2.25. The molecule has 0 saturated heterocycles. The average molecular weight is 290 g/mol. The molecule has 0 unspecified atom stereocenters. The molecule has 0 N–H and O–H groups in total. The molecule has 0 amide bonds. The third-order valence-corrected chi connectivity index (χ3v) is 3.95. The number of rotatable bonds is 2. The van der Waals surface area contributed by atoms with Crippen molar-refractivity contribution >= 4 is 26.8 Å². The molecule has 1 heterocycles. The lowest BCUT2D eigenvalue weighted by Crippen LogP contribution is -2.10. The highest BCUT2D eigenvalue weighted by molar-refractivity contribution is 9.10. The second-order valence-electron chi connectivity index (χ2n) is 4.49. The Morgan fingerprint density at radius 3 is 2.94 bits per heavy atom. The molecule has 17 heavy (non-hydrogen) atoms. The predicted octanol–water partition coefficient (Wildman–Crippen LogP) is 3.59. The maximum atomic E-state index is 8.83. The lowest BCUT2D eigenvalue weighted by Gasteiger charge is -2.23. The van der Waals surface area contributed by atoms with Gasteiger partial charge in [-0.1, -0.05) is 22.4 Å². The summed E-state index contributed by atoms with van der Waals surface area (Å²) in [6.45, 7) is 0.324. The van der Waals surface area contributed by atoms with Gasteiger partial charge in [0.05, 0.1) is 17.3 Å². The summed E-state index contributed by atoms with van der Waals surface area (Å²) in [5.74, 6) is 0.590. The molecule has 1 aromatic carbocycles. The first-order valence-corrected chi connectivity index (χ1v) is 6.62. The van der Waals surface area contributed by atoms with E-state index in [2.05, 4.69) is 33.2 Å². The molecule has 0 aliphatic heterocycles. The van der Waals surface area contributed by atoms with Crippen molar-refractivity contribution in [1.29, 1.82) is 5.26 Å². The van der Waals surface area contributed by atoms with E-state index < -0.39 is 0 Å². The van der Waals surface area contributed by atoms with Gasteiger partial charge in [0.2, 0.25) is 0 Å². The number of benzene rings is 1. The Hall–Kier alpha value is -1.34. The molecule has 1 fully saturated rings. The smallest absolute Gasteiger partial charge is 0.128 e. The van der Waals surface area contributed by atoms with E-state index in [4.69, 9.17) is 5.26 Å². The summed E-state index contributed by atoms with van der Waals surface area (Å²) in [7, 11) is 0. The second-order valence-corrected chi connectivity index (χ2v) is 5.41. The maximum absolute atomic E-state index is 8.83. The molecule has 86 valence electrons. The number of fused-ring (bicyclic) bond motifs is 1. The van der Waals surface area contributed by atoms with Crippen LogP contribution in [0.2, 0.25) is 0 Å². The maximum Gasteiger partial charge on any atom is 0.128 e. The van der Waals surface area contributed by atoms with E-state index in [0.717, 1.165) is 9.99 Å². The van der Waals surface area contributed by atoms with Crippen LogP contribution < -0.4 is 0 Å². The Labute approximate surface area is 108 Å². The van der Waals surface area contributed by atoms with Gasteiger partial charge in [-0.15, -0.1) is 0 Å². The minimum Gasteiger partial charge on any atom is -0.250 e. The van der Waals surface area contributed by atoms with Crippen molar-refractivity contribution in [3.8, 4) is 6.07 Å². The van der Waals surface area contributed by atoms with E-state index in [1.807, 2.05) is 16.8 Å². The summed E-state index contributed by atoms with van der Waals surface area (Å²) < 4.78 is 2.89. The molecule has 3 nitrogen and oxygen atoms in total.